The Morgan fingerprint density at radius 3 is 2.42 bits per heavy atom. The van der Waals surface area contributed by atoms with Crippen LogP contribution in [0, 0.1) is 0 Å². The fourth-order valence-corrected chi connectivity index (χ4v) is 4.41. The lowest BCUT2D eigenvalue weighted by molar-refractivity contribution is 0.0240. The zero-order valence-corrected chi connectivity index (χ0v) is 22.0. The van der Waals surface area contributed by atoms with Gasteiger partial charge < -0.3 is 24.4 Å². The van der Waals surface area contributed by atoms with Crippen molar-refractivity contribution in [3.63, 3.8) is 0 Å². The number of amides is 2. The van der Waals surface area contributed by atoms with Crippen molar-refractivity contribution in [3.8, 4) is 0 Å². The van der Waals surface area contributed by atoms with E-state index in [-0.39, 0.29) is 17.9 Å². The van der Waals surface area contributed by atoms with Crippen molar-refractivity contribution < 1.29 is 14.3 Å². The molecule has 0 unspecified atom stereocenters. The summed E-state index contributed by atoms with van der Waals surface area (Å²) in [5.74, 6) is 0.0601. The van der Waals surface area contributed by atoms with Crippen LogP contribution in [-0.2, 0) is 11.3 Å². The summed E-state index contributed by atoms with van der Waals surface area (Å²) >= 11 is 0. The van der Waals surface area contributed by atoms with Gasteiger partial charge >= 0.3 is 6.09 Å². The molecule has 1 saturated heterocycles. The molecule has 0 spiro atoms. The third kappa shape index (κ3) is 5.98. The van der Waals surface area contributed by atoms with Crippen molar-refractivity contribution in [2.75, 3.05) is 37.6 Å². The first kappa shape index (κ1) is 25.5. The van der Waals surface area contributed by atoms with Crippen molar-refractivity contribution in [2.45, 2.75) is 52.7 Å². The summed E-state index contributed by atoms with van der Waals surface area (Å²) in [6, 6.07) is 12.4. The highest BCUT2D eigenvalue weighted by Gasteiger charge is 2.26. The van der Waals surface area contributed by atoms with Gasteiger partial charge in [0.15, 0.2) is 0 Å². The number of anilines is 1. The number of pyridine rings is 1. The van der Waals surface area contributed by atoms with Crippen LogP contribution in [0.1, 0.15) is 56.5 Å². The minimum absolute atomic E-state index is 0.111. The highest BCUT2D eigenvalue weighted by Crippen LogP contribution is 2.22. The number of benzene rings is 1. The van der Waals surface area contributed by atoms with E-state index in [1.54, 1.807) is 11.1 Å². The second kappa shape index (κ2) is 10.6. The summed E-state index contributed by atoms with van der Waals surface area (Å²) in [6.07, 6.45) is 3.39. The number of nitrogens with zero attached hydrogens (tertiary/aromatic N) is 4. The number of hydrogen-bond acceptors (Lipinski definition) is 5. The number of aromatic nitrogens is 2. The highest BCUT2D eigenvalue weighted by molar-refractivity contribution is 5.97. The van der Waals surface area contributed by atoms with E-state index in [1.807, 2.05) is 39.1 Å². The maximum absolute atomic E-state index is 12.7. The number of hydrogen-bond donors (Lipinski definition) is 1. The SMILES string of the molecule is CCn1ccc2cc(C(=O)NC[C@H](C)c3ccc(N4CCN(C(=O)OC(C)(C)C)CC4)cc3)cnc21. The molecule has 3 heterocycles. The monoisotopic (exact) mass is 491 g/mol. The topological polar surface area (TPSA) is 79.7 Å². The van der Waals surface area contributed by atoms with Gasteiger partial charge in [-0.05, 0) is 63.4 Å². The molecule has 8 nitrogen and oxygen atoms in total. The van der Waals surface area contributed by atoms with Gasteiger partial charge in [0.1, 0.15) is 11.2 Å². The van der Waals surface area contributed by atoms with Crippen LogP contribution in [0.3, 0.4) is 0 Å². The quantitative estimate of drug-likeness (QED) is 0.543. The average molecular weight is 492 g/mol. The van der Waals surface area contributed by atoms with E-state index in [1.165, 1.54) is 5.56 Å². The third-order valence-electron chi connectivity index (χ3n) is 6.53. The van der Waals surface area contributed by atoms with Crippen LogP contribution in [0.4, 0.5) is 10.5 Å². The van der Waals surface area contributed by atoms with E-state index in [9.17, 15) is 9.59 Å². The first-order valence-corrected chi connectivity index (χ1v) is 12.7. The van der Waals surface area contributed by atoms with E-state index >= 15 is 0 Å². The Morgan fingerprint density at radius 2 is 1.78 bits per heavy atom. The molecule has 0 radical (unpaired) electrons. The van der Waals surface area contributed by atoms with Gasteiger partial charge in [0, 0.05) is 62.7 Å². The van der Waals surface area contributed by atoms with Crippen LogP contribution in [0.15, 0.2) is 48.8 Å². The Kier molecular flexibility index (Phi) is 7.52. The molecular formula is C28H37N5O3. The first-order valence-electron chi connectivity index (χ1n) is 12.7. The minimum atomic E-state index is -0.480. The Bertz CT molecular complexity index is 1200. The molecule has 192 valence electrons. The zero-order valence-electron chi connectivity index (χ0n) is 22.0. The van der Waals surface area contributed by atoms with Gasteiger partial charge in [-0.3, -0.25) is 4.79 Å². The number of ether oxygens (including phenoxy) is 1. The molecule has 1 aromatic carbocycles. The Balaban J connectivity index is 1.28. The van der Waals surface area contributed by atoms with E-state index in [0.717, 1.165) is 36.4 Å². The van der Waals surface area contributed by atoms with Gasteiger partial charge in [-0.2, -0.15) is 0 Å². The molecule has 0 bridgehead atoms. The molecule has 2 amide bonds. The van der Waals surface area contributed by atoms with Gasteiger partial charge in [0.2, 0.25) is 0 Å². The number of nitrogens with one attached hydrogen (secondary N) is 1. The number of aryl methyl sites for hydroxylation is 1. The predicted molar refractivity (Wildman–Crippen MR) is 143 cm³/mol. The fraction of sp³-hybridized carbons (Fsp3) is 0.464. The lowest BCUT2D eigenvalue weighted by Crippen LogP contribution is -2.50. The maximum Gasteiger partial charge on any atom is 0.410 e. The fourth-order valence-electron chi connectivity index (χ4n) is 4.41. The number of fused-ring (bicyclic) bond motifs is 1. The van der Waals surface area contributed by atoms with Crippen molar-refractivity contribution in [2.24, 2.45) is 0 Å². The second-order valence-corrected chi connectivity index (χ2v) is 10.4. The molecule has 1 aliphatic rings. The smallest absolute Gasteiger partial charge is 0.410 e. The van der Waals surface area contributed by atoms with Crippen LogP contribution in [0.25, 0.3) is 11.0 Å². The second-order valence-electron chi connectivity index (χ2n) is 10.4. The van der Waals surface area contributed by atoms with Gasteiger partial charge in [0.25, 0.3) is 5.91 Å². The summed E-state index contributed by atoms with van der Waals surface area (Å²) < 4.78 is 7.55. The van der Waals surface area contributed by atoms with Crippen molar-refractivity contribution >= 4 is 28.7 Å². The lowest BCUT2D eigenvalue weighted by atomic mass is 10.0. The van der Waals surface area contributed by atoms with E-state index in [0.29, 0.717) is 25.2 Å². The van der Waals surface area contributed by atoms with Crippen molar-refractivity contribution in [1.82, 2.24) is 19.8 Å². The van der Waals surface area contributed by atoms with Gasteiger partial charge in [-0.1, -0.05) is 19.1 Å². The molecule has 1 aliphatic heterocycles. The lowest BCUT2D eigenvalue weighted by Gasteiger charge is -2.36. The van der Waals surface area contributed by atoms with E-state index < -0.39 is 5.60 Å². The largest absolute Gasteiger partial charge is 0.444 e. The molecule has 4 rings (SSSR count). The molecular weight excluding hydrogens is 454 g/mol. The number of piperazine rings is 1. The van der Waals surface area contributed by atoms with Crippen LogP contribution < -0.4 is 10.2 Å². The van der Waals surface area contributed by atoms with Crippen LogP contribution in [0.2, 0.25) is 0 Å². The summed E-state index contributed by atoms with van der Waals surface area (Å²) in [7, 11) is 0. The normalized spacial score (nSPS) is 15.1. The Hall–Kier alpha value is -3.55. The molecule has 1 fully saturated rings. The molecule has 0 saturated carbocycles. The molecule has 3 aromatic rings. The molecule has 1 atom stereocenters. The number of carbonyl (C=O) groups is 2. The highest BCUT2D eigenvalue weighted by atomic mass is 16.6. The predicted octanol–water partition coefficient (Wildman–Crippen LogP) is 4.65. The van der Waals surface area contributed by atoms with Crippen LogP contribution in [-0.4, -0.2) is 64.8 Å². The van der Waals surface area contributed by atoms with Gasteiger partial charge in [-0.25, -0.2) is 9.78 Å². The molecule has 1 N–H and O–H groups in total. The number of rotatable bonds is 6. The average Bonchev–Trinajstić information content (AvgIpc) is 3.28. The molecule has 8 heteroatoms. The Labute approximate surface area is 213 Å². The summed E-state index contributed by atoms with van der Waals surface area (Å²) in [4.78, 5) is 33.5. The maximum atomic E-state index is 12.7. The van der Waals surface area contributed by atoms with E-state index in [4.69, 9.17) is 4.74 Å². The minimum Gasteiger partial charge on any atom is -0.444 e. The molecule has 0 aliphatic carbocycles. The van der Waals surface area contributed by atoms with Crippen LogP contribution >= 0.6 is 0 Å². The summed E-state index contributed by atoms with van der Waals surface area (Å²) in [6.45, 7) is 14.0. The summed E-state index contributed by atoms with van der Waals surface area (Å²) in [5, 5.41) is 4.02. The molecule has 36 heavy (non-hydrogen) atoms. The zero-order chi connectivity index (χ0) is 25.9. The van der Waals surface area contributed by atoms with Gasteiger partial charge in [0.05, 0.1) is 5.56 Å². The van der Waals surface area contributed by atoms with Crippen molar-refractivity contribution in [3.05, 3.63) is 59.9 Å². The van der Waals surface area contributed by atoms with Gasteiger partial charge in [-0.15, -0.1) is 0 Å². The van der Waals surface area contributed by atoms with Crippen LogP contribution in [0.5, 0.6) is 0 Å². The first-order chi connectivity index (χ1) is 17.1. The standard InChI is InChI=1S/C28H37N5O3/c1-6-31-12-11-22-17-23(19-29-25(22)31)26(34)30-18-20(2)21-7-9-24(10-8-21)32-13-15-33(16-14-32)27(35)36-28(3,4)5/h7-12,17,19-20H,6,13-16,18H2,1-5H3,(H,30,34)/t20-/m0/s1. The third-order valence-corrected chi connectivity index (χ3v) is 6.53. The Morgan fingerprint density at radius 1 is 1.08 bits per heavy atom. The molecule has 2 aromatic heterocycles. The number of carbonyl (C=O) groups excluding carboxylic acids is 2. The van der Waals surface area contributed by atoms with Crippen molar-refractivity contribution in [1.29, 1.82) is 0 Å². The summed E-state index contributed by atoms with van der Waals surface area (Å²) in [5.41, 5.74) is 3.29. The van der Waals surface area contributed by atoms with E-state index in [2.05, 4.69) is 57.9 Å².